The van der Waals surface area contributed by atoms with Crippen molar-refractivity contribution in [2.24, 2.45) is 10.7 Å². The SMILES string of the molecule is CCOC(=O)C1=C2SC(N)N=C2CCC1. The van der Waals surface area contributed by atoms with Gasteiger partial charge in [-0.25, -0.2) is 4.79 Å². The van der Waals surface area contributed by atoms with Crippen molar-refractivity contribution < 1.29 is 9.53 Å². The van der Waals surface area contributed by atoms with E-state index in [-0.39, 0.29) is 11.5 Å². The van der Waals surface area contributed by atoms with Crippen molar-refractivity contribution in [3.63, 3.8) is 0 Å². The molecule has 2 N–H and O–H groups in total. The molecule has 0 aromatic rings. The maximum atomic E-state index is 11.7. The van der Waals surface area contributed by atoms with Crippen molar-refractivity contribution in [2.45, 2.75) is 31.7 Å². The number of aliphatic imine (C=N–C) groups is 1. The molecule has 0 bridgehead atoms. The van der Waals surface area contributed by atoms with Crippen molar-refractivity contribution in [1.29, 1.82) is 0 Å². The highest BCUT2D eigenvalue weighted by atomic mass is 32.2. The Morgan fingerprint density at radius 2 is 2.47 bits per heavy atom. The van der Waals surface area contributed by atoms with Crippen LogP contribution in [0.1, 0.15) is 26.2 Å². The second-order valence-electron chi connectivity index (χ2n) is 3.47. The summed E-state index contributed by atoms with van der Waals surface area (Å²) in [6, 6.07) is 0. The first-order valence-electron chi connectivity index (χ1n) is 5.12. The number of nitrogens with two attached hydrogens (primary N) is 1. The average Bonchev–Trinajstić information content (AvgIpc) is 2.57. The monoisotopic (exact) mass is 226 g/mol. The third-order valence-electron chi connectivity index (χ3n) is 2.42. The standard InChI is InChI=1S/C10H14N2O2S/c1-2-14-9(13)6-4-3-5-7-8(6)15-10(11)12-7/h10H,2-5,11H2,1H3. The number of thioether (sulfide) groups is 1. The molecule has 0 saturated heterocycles. The van der Waals surface area contributed by atoms with E-state index in [0.717, 1.165) is 35.5 Å². The highest BCUT2D eigenvalue weighted by molar-refractivity contribution is 8.05. The minimum atomic E-state index is -0.238. The van der Waals surface area contributed by atoms with Crippen LogP contribution < -0.4 is 5.73 Å². The Labute approximate surface area is 93.0 Å². The molecule has 0 aromatic carbocycles. The van der Waals surface area contributed by atoms with Crippen LogP contribution in [0.15, 0.2) is 15.5 Å². The molecule has 15 heavy (non-hydrogen) atoms. The first-order valence-corrected chi connectivity index (χ1v) is 6.00. The van der Waals surface area contributed by atoms with E-state index in [1.165, 1.54) is 11.8 Å². The quantitative estimate of drug-likeness (QED) is 0.723. The smallest absolute Gasteiger partial charge is 0.335 e. The number of hydrogen-bond acceptors (Lipinski definition) is 5. The third-order valence-corrected chi connectivity index (χ3v) is 3.48. The molecular weight excluding hydrogens is 212 g/mol. The summed E-state index contributed by atoms with van der Waals surface area (Å²) in [5.41, 5.74) is 7.23. The summed E-state index contributed by atoms with van der Waals surface area (Å²) >= 11 is 1.46. The number of carbonyl (C=O) groups is 1. The van der Waals surface area contributed by atoms with Gasteiger partial charge in [0.05, 0.1) is 17.9 Å². The Balaban J connectivity index is 2.26. The zero-order chi connectivity index (χ0) is 10.8. The van der Waals surface area contributed by atoms with Gasteiger partial charge in [-0.05, 0) is 26.2 Å². The van der Waals surface area contributed by atoms with Gasteiger partial charge in [0.25, 0.3) is 0 Å². The van der Waals surface area contributed by atoms with Gasteiger partial charge in [0.2, 0.25) is 0 Å². The number of fused-ring (bicyclic) bond motifs is 1. The van der Waals surface area contributed by atoms with Crippen molar-refractivity contribution in [2.75, 3.05) is 6.61 Å². The van der Waals surface area contributed by atoms with Gasteiger partial charge in [0.1, 0.15) is 5.50 Å². The van der Waals surface area contributed by atoms with E-state index >= 15 is 0 Å². The van der Waals surface area contributed by atoms with E-state index in [0.29, 0.717) is 6.61 Å². The van der Waals surface area contributed by atoms with Crippen LogP contribution in [0.4, 0.5) is 0 Å². The maximum absolute atomic E-state index is 11.7. The first kappa shape index (κ1) is 10.7. The number of rotatable bonds is 2. The van der Waals surface area contributed by atoms with E-state index < -0.39 is 0 Å². The number of esters is 1. The van der Waals surface area contributed by atoms with Crippen LogP contribution in [-0.4, -0.2) is 23.8 Å². The molecule has 1 aliphatic heterocycles. The lowest BCUT2D eigenvalue weighted by Gasteiger charge is -2.16. The van der Waals surface area contributed by atoms with Gasteiger partial charge in [0, 0.05) is 4.91 Å². The molecule has 2 rings (SSSR count). The molecule has 0 fully saturated rings. The second-order valence-corrected chi connectivity index (χ2v) is 4.59. The van der Waals surface area contributed by atoms with Crippen molar-refractivity contribution in [3.8, 4) is 0 Å². The number of nitrogens with zero attached hydrogens (tertiary/aromatic N) is 1. The Morgan fingerprint density at radius 3 is 3.20 bits per heavy atom. The molecule has 5 heteroatoms. The molecule has 0 aromatic heterocycles. The number of allylic oxidation sites excluding steroid dienone is 1. The normalized spacial score (nSPS) is 24.9. The van der Waals surface area contributed by atoms with Gasteiger partial charge in [-0.2, -0.15) is 0 Å². The lowest BCUT2D eigenvalue weighted by Crippen LogP contribution is -2.16. The molecule has 1 atom stereocenters. The largest absolute Gasteiger partial charge is 0.463 e. The molecule has 1 unspecified atom stereocenters. The molecule has 1 heterocycles. The van der Waals surface area contributed by atoms with E-state index in [2.05, 4.69) is 4.99 Å². The summed E-state index contributed by atoms with van der Waals surface area (Å²) in [7, 11) is 0. The van der Waals surface area contributed by atoms with Gasteiger partial charge in [-0.1, -0.05) is 11.8 Å². The molecule has 4 nitrogen and oxygen atoms in total. The molecule has 0 amide bonds. The van der Waals surface area contributed by atoms with Crippen molar-refractivity contribution in [1.82, 2.24) is 0 Å². The minimum absolute atomic E-state index is 0.207. The van der Waals surface area contributed by atoms with Gasteiger partial charge in [0.15, 0.2) is 0 Å². The van der Waals surface area contributed by atoms with E-state index in [1.54, 1.807) is 0 Å². The third kappa shape index (κ3) is 2.08. The Kier molecular flexibility index (Phi) is 3.11. The predicted molar refractivity (Wildman–Crippen MR) is 60.5 cm³/mol. The fourth-order valence-electron chi connectivity index (χ4n) is 1.81. The van der Waals surface area contributed by atoms with Crippen LogP contribution in [0.25, 0.3) is 0 Å². The Morgan fingerprint density at radius 1 is 1.67 bits per heavy atom. The zero-order valence-electron chi connectivity index (χ0n) is 8.66. The molecule has 0 saturated carbocycles. The summed E-state index contributed by atoms with van der Waals surface area (Å²) < 4.78 is 5.02. The first-order chi connectivity index (χ1) is 7.22. The average molecular weight is 226 g/mol. The van der Waals surface area contributed by atoms with Crippen LogP contribution in [0, 0.1) is 0 Å². The molecular formula is C10H14N2O2S. The molecule has 0 spiro atoms. The molecule has 1 aliphatic carbocycles. The summed E-state index contributed by atoms with van der Waals surface area (Å²) in [5, 5.41) is 0. The summed E-state index contributed by atoms with van der Waals surface area (Å²) in [4.78, 5) is 16.9. The highest BCUT2D eigenvalue weighted by Crippen LogP contribution is 2.38. The predicted octanol–water partition coefficient (Wildman–Crippen LogP) is 1.42. The Hall–Kier alpha value is -0.810. The van der Waals surface area contributed by atoms with Crippen molar-refractivity contribution >= 4 is 23.4 Å². The molecule has 82 valence electrons. The lowest BCUT2D eigenvalue weighted by molar-refractivity contribution is -0.138. The van der Waals surface area contributed by atoms with E-state index in [4.69, 9.17) is 10.5 Å². The van der Waals surface area contributed by atoms with Crippen LogP contribution in [0.2, 0.25) is 0 Å². The lowest BCUT2D eigenvalue weighted by atomic mass is 9.98. The van der Waals surface area contributed by atoms with Gasteiger partial charge >= 0.3 is 5.97 Å². The van der Waals surface area contributed by atoms with Gasteiger partial charge in [-0.3, -0.25) is 4.99 Å². The fourth-order valence-corrected chi connectivity index (χ4v) is 2.85. The fraction of sp³-hybridized carbons (Fsp3) is 0.600. The number of carbonyl (C=O) groups excluding carboxylic acids is 1. The Bertz CT molecular complexity index is 349. The van der Waals surface area contributed by atoms with E-state index in [1.807, 2.05) is 6.92 Å². The molecule has 2 aliphatic rings. The van der Waals surface area contributed by atoms with Gasteiger partial charge < -0.3 is 10.5 Å². The number of hydrogen-bond donors (Lipinski definition) is 1. The topological polar surface area (TPSA) is 64.7 Å². The van der Waals surface area contributed by atoms with Crippen LogP contribution in [-0.2, 0) is 9.53 Å². The zero-order valence-corrected chi connectivity index (χ0v) is 9.47. The summed E-state index contributed by atoms with van der Waals surface area (Å²) in [5.74, 6) is -0.207. The van der Waals surface area contributed by atoms with Crippen molar-refractivity contribution in [3.05, 3.63) is 10.5 Å². The van der Waals surface area contributed by atoms with Crippen LogP contribution in [0.5, 0.6) is 0 Å². The number of ether oxygens (including phenoxy) is 1. The maximum Gasteiger partial charge on any atom is 0.335 e. The van der Waals surface area contributed by atoms with Crippen LogP contribution in [0.3, 0.4) is 0 Å². The summed E-state index contributed by atoms with van der Waals surface area (Å²) in [6.07, 6.45) is 2.68. The highest BCUT2D eigenvalue weighted by Gasteiger charge is 2.30. The van der Waals surface area contributed by atoms with Crippen LogP contribution >= 0.6 is 11.8 Å². The second kappa shape index (κ2) is 4.37. The van der Waals surface area contributed by atoms with Gasteiger partial charge in [-0.15, -0.1) is 0 Å². The summed E-state index contributed by atoms with van der Waals surface area (Å²) in [6.45, 7) is 2.23. The minimum Gasteiger partial charge on any atom is -0.463 e. The molecule has 0 radical (unpaired) electrons. The van der Waals surface area contributed by atoms with E-state index in [9.17, 15) is 4.79 Å².